The number of carbonyl (C=O) groups is 2. The zero-order valence-corrected chi connectivity index (χ0v) is 19.4. The Kier molecular flexibility index (Phi) is 7.79. The number of benzene rings is 2. The summed E-state index contributed by atoms with van der Waals surface area (Å²) in [6.45, 7) is 0.320. The van der Waals surface area contributed by atoms with E-state index in [0.29, 0.717) is 11.6 Å². The van der Waals surface area contributed by atoms with Crippen molar-refractivity contribution >= 4 is 23.4 Å². The van der Waals surface area contributed by atoms with E-state index < -0.39 is 0 Å². The fourth-order valence-electron chi connectivity index (χ4n) is 4.20. The number of para-hydroxylation sites is 1. The molecule has 0 unspecified atom stereocenters. The van der Waals surface area contributed by atoms with Crippen molar-refractivity contribution in [3.05, 3.63) is 71.4 Å². The summed E-state index contributed by atoms with van der Waals surface area (Å²) in [6.07, 6.45) is 8.05. The van der Waals surface area contributed by atoms with Gasteiger partial charge in [-0.05, 0) is 37.1 Å². The predicted octanol–water partition coefficient (Wildman–Crippen LogP) is 4.69. The summed E-state index contributed by atoms with van der Waals surface area (Å²) < 4.78 is 1.78. The van der Waals surface area contributed by atoms with Gasteiger partial charge < -0.3 is 10.6 Å². The first-order valence-corrected chi connectivity index (χ1v) is 11.9. The molecule has 1 aliphatic rings. The third-order valence-electron chi connectivity index (χ3n) is 5.92. The maximum absolute atomic E-state index is 12.7. The van der Waals surface area contributed by atoms with Crippen LogP contribution in [0.3, 0.4) is 0 Å². The molecule has 2 aromatic carbocycles. The summed E-state index contributed by atoms with van der Waals surface area (Å²) in [6, 6.07) is 17.5. The summed E-state index contributed by atoms with van der Waals surface area (Å²) in [4.78, 5) is 24.9. The number of rotatable bonds is 8. The summed E-state index contributed by atoms with van der Waals surface area (Å²) in [7, 11) is 0. The van der Waals surface area contributed by atoms with Gasteiger partial charge in [0, 0.05) is 41.4 Å². The van der Waals surface area contributed by atoms with Crippen molar-refractivity contribution in [2.24, 2.45) is 0 Å². The first-order valence-electron chi connectivity index (χ1n) is 11.5. The van der Waals surface area contributed by atoms with Gasteiger partial charge in [-0.25, -0.2) is 4.68 Å². The van der Waals surface area contributed by atoms with Crippen molar-refractivity contribution in [2.45, 2.75) is 51.0 Å². The molecule has 0 radical (unpaired) electrons. The zero-order chi connectivity index (χ0) is 23.0. The number of nitrogens with zero attached hydrogens (tertiary/aromatic N) is 2. The van der Waals surface area contributed by atoms with E-state index in [-0.39, 0.29) is 30.7 Å². The van der Waals surface area contributed by atoms with Gasteiger partial charge in [0.2, 0.25) is 11.8 Å². The monoisotopic (exact) mass is 464 g/mol. The normalized spacial score (nSPS) is 14.1. The first-order chi connectivity index (χ1) is 16.1. The molecule has 1 saturated carbocycles. The number of hydrogen-bond acceptors (Lipinski definition) is 3. The SMILES string of the molecule is O=C(Cc1cn(-c2ccccc2)nc1-c1ccc(Cl)cc1)NCCC(=O)NC1CCCCC1. The average Bonchev–Trinajstić information content (AvgIpc) is 3.24. The first kappa shape index (κ1) is 23.1. The Morgan fingerprint density at radius 1 is 0.970 bits per heavy atom. The van der Waals surface area contributed by atoms with Gasteiger partial charge in [0.25, 0.3) is 0 Å². The average molecular weight is 465 g/mol. The van der Waals surface area contributed by atoms with Crippen molar-refractivity contribution in [1.29, 1.82) is 0 Å². The Morgan fingerprint density at radius 2 is 1.70 bits per heavy atom. The lowest BCUT2D eigenvalue weighted by Crippen LogP contribution is -2.38. The minimum absolute atomic E-state index is 0.000880. The lowest BCUT2D eigenvalue weighted by molar-refractivity contribution is -0.122. The van der Waals surface area contributed by atoms with Gasteiger partial charge in [0.05, 0.1) is 17.8 Å². The van der Waals surface area contributed by atoms with Crippen LogP contribution in [0.1, 0.15) is 44.1 Å². The molecule has 0 spiro atoms. The second-order valence-electron chi connectivity index (χ2n) is 8.47. The Labute approximate surface area is 199 Å². The van der Waals surface area contributed by atoms with Crippen LogP contribution in [0.5, 0.6) is 0 Å². The number of halogens is 1. The molecule has 2 N–H and O–H groups in total. The van der Waals surface area contributed by atoms with E-state index in [2.05, 4.69) is 10.6 Å². The van der Waals surface area contributed by atoms with Crippen LogP contribution in [0.4, 0.5) is 0 Å². The minimum atomic E-state index is -0.136. The Hall–Kier alpha value is -3.12. The van der Waals surface area contributed by atoms with Gasteiger partial charge in [0.15, 0.2) is 0 Å². The van der Waals surface area contributed by atoms with E-state index in [4.69, 9.17) is 16.7 Å². The van der Waals surface area contributed by atoms with Gasteiger partial charge in [-0.2, -0.15) is 5.10 Å². The second kappa shape index (κ2) is 11.1. The highest BCUT2D eigenvalue weighted by molar-refractivity contribution is 6.30. The van der Waals surface area contributed by atoms with Crippen LogP contribution in [0.25, 0.3) is 16.9 Å². The smallest absolute Gasteiger partial charge is 0.224 e. The molecule has 3 aromatic rings. The van der Waals surface area contributed by atoms with Gasteiger partial charge in [0.1, 0.15) is 0 Å². The van der Waals surface area contributed by atoms with Gasteiger partial charge >= 0.3 is 0 Å². The van der Waals surface area contributed by atoms with Gasteiger partial charge in [-0.3, -0.25) is 9.59 Å². The van der Waals surface area contributed by atoms with E-state index in [1.165, 1.54) is 19.3 Å². The van der Waals surface area contributed by atoms with Crippen LogP contribution >= 0.6 is 11.6 Å². The second-order valence-corrected chi connectivity index (χ2v) is 8.91. The maximum Gasteiger partial charge on any atom is 0.224 e. The molecule has 0 atom stereocenters. The summed E-state index contributed by atoms with van der Waals surface area (Å²) in [5.41, 5.74) is 3.36. The number of amides is 2. The van der Waals surface area contributed by atoms with Crippen LogP contribution < -0.4 is 10.6 Å². The third-order valence-corrected chi connectivity index (χ3v) is 6.18. The fraction of sp³-hybridized carbons (Fsp3) is 0.346. The quantitative estimate of drug-likeness (QED) is 0.507. The predicted molar refractivity (Wildman–Crippen MR) is 130 cm³/mol. The van der Waals surface area contributed by atoms with Crippen molar-refractivity contribution in [3.63, 3.8) is 0 Å². The summed E-state index contributed by atoms with van der Waals surface area (Å²) in [5.74, 6) is -0.135. The van der Waals surface area contributed by atoms with E-state index >= 15 is 0 Å². The van der Waals surface area contributed by atoms with Gasteiger partial charge in [-0.1, -0.05) is 61.2 Å². The van der Waals surface area contributed by atoms with Crippen molar-refractivity contribution in [3.8, 4) is 16.9 Å². The molecular weight excluding hydrogens is 436 g/mol. The van der Waals surface area contributed by atoms with E-state index in [0.717, 1.165) is 35.3 Å². The highest BCUT2D eigenvalue weighted by atomic mass is 35.5. The minimum Gasteiger partial charge on any atom is -0.355 e. The molecule has 0 bridgehead atoms. The third kappa shape index (κ3) is 6.45. The van der Waals surface area contributed by atoms with E-state index in [1.807, 2.05) is 60.8 Å². The largest absolute Gasteiger partial charge is 0.355 e. The van der Waals surface area contributed by atoms with Crippen LogP contribution in [0.15, 0.2) is 60.8 Å². The molecule has 172 valence electrons. The molecule has 1 aliphatic carbocycles. The van der Waals surface area contributed by atoms with Gasteiger partial charge in [-0.15, -0.1) is 0 Å². The Morgan fingerprint density at radius 3 is 2.42 bits per heavy atom. The Balaban J connectivity index is 1.39. The molecule has 2 amide bonds. The van der Waals surface area contributed by atoms with E-state index in [9.17, 15) is 9.59 Å². The molecule has 1 aromatic heterocycles. The number of hydrogen-bond donors (Lipinski definition) is 2. The maximum atomic E-state index is 12.7. The molecule has 6 nitrogen and oxygen atoms in total. The van der Waals surface area contributed by atoms with Crippen LogP contribution in [-0.4, -0.2) is 34.2 Å². The van der Waals surface area contributed by atoms with Crippen LogP contribution in [0, 0.1) is 0 Å². The molecule has 1 heterocycles. The molecular formula is C26H29ClN4O2. The zero-order valence-electron chi connectivity index (χ0n) is 18.6. The molecule has 0 aliphatic heterocycles. The van der Waals surface area contributed by atoms with Crippen molar-refractivity contribution in [1.82, 2.24) is 20.4 Å². The molecule has 33 heavy (non-hydrogen) atoms. The topological polar surface area (TPSA) is 76.0 Å². The van der Waals surface area contributed by atoms with Crippen LogP contribution in [0.2, 0.25) is 5.02 Å². The van der Waals surface area contributed by atoms with E-state index in [1.54, 1.807) is 4.68 Å². The lowest BCUT2D eigenvalue weighted by Gasteiger charge is -2.22. The van der Waals surface area contributed by atoms with Crippen molar-refractivity contribution < 1.29 is 9.59 Å². The van der Waals surface area contributed by atoms with Crippen LogP contribution in [-0.2, 0) is 16.0 Å². The lowest BCUT2D eigenvalue weighted by atomic mass is 9.95. The standard InChI is InChI=1S/C26H29ClN4O2/c27-21-13-11-19(12-14-21)26-20(18-31(30-26)23-9-5-2-6-10-23)17-25(33)28-16-15-24(32)29-22-7-3-1-4-8-22/h2,5-6,9-14,18,22H,1,3-4,7-8,15-17H2,(H,28,33)(H,29,32). The van der Waals surface area contributed by atoms with Crippen molar-refractivity contribution in [2.75, 3.05) is 6.54 Å². The number of carbonyl (C=O) groups excluding carboxylic acids is 2. The molecule has 4 rings (SSSR count). The molecule has 1 fully saturated rings. The highest BCUT2D eigenvalue weighted by Crippen LogP contribution is 2.25. The summed E-state index contributed by atoms with van der Waals surface area (Å²) >= 11 is 6.05. The molecule has 0 saturated heterocycles. The number of aromatic nitrogens is 2. The fourth-order valence-corrected chi connectivity index (χ4v) is 4.33. The highest BCUT2D eigenvalue weighted by Gasteiger charge is 2.17. The number of nitrogens with one attached hydrogen (secondary N) is 2. The summed E-state index contributed by atoms with van der Waals surface area (Å²) in [5, 5.41) is 11.3. The Bertz CT molecular complexity index is 1070. The molecule has 7 heteroatoms.